The van der Waals surface area contributed by atoms with E-state index in [-0.39, 0.29) is 5.91 Å². The van der Waals surface area contributed by atoms with Gasteiger partial charge >= 0.3 is 0 Å². The molecule has 0 aliphatic heterocycles. The topological polar surface area (TPSA) is 59.8 Å². The quantitative estimate of drug-likeness (QED) is 0.944. The summed E-state index contributed by atoms with van der Waals surface area (Å²) in [7, 11) is 0. The Labute approximate surface area is 120 Å². The van der Waals surface area contributed by atoms with Crippen molar-refractivity contribution in [3.05, 3.63) is 27.5 Å². The van der Waals surface area contributed by atoms with Crippen LogP contribution in [0.25, 0.3) is 0 Å². The second-order valence-corrected chi connectivity index (χ2v) is 5.89. The monoisotopic (exact) mass is 298 g/mol. The van der Waals surface area contributed by atoms with Crippen LogP contribution in [0.3, 0.4) is 0 Å². The van der Waals surface area contributed by atoms with E-state index in [0.29, 0.717) is 23.1 Å². The summed E-state index contributed by atoms with van der Waals surface area (Å²) >= 11 is 7.39. The van der Waals surface area contributed by atoms with Gasteiger partial charge in [-0.1, -0.05) is 11.6 Å². The van der Waals surface area contributed by atoms with Crippen molar-refractivity contribution in [2.24, 2.45) is 0 Å². The molecule has 2 aromatic heterocycles. The highest BCUT2D eigenvalue weighted by molar-refractivity contribution is 7.15. The summed E-state index contributed by atoms with van der Waals surface area (Å²) in [6.45, 7) is 6.25. The molecule has 1 amide bonds. The molecule has 2 rings (SSSR count). The Morgan fingerprint density at radius 1 is 1.42 bits per heavy atom. The van der Waals surface area contributed by atoms with Crippen molar-refractivity contribution in [1.82, 2.24) is 14.8 Å². The van der Waals surface area contributed by atoms with E-state index in [0.717, 1.165) is 16.3 Å². The molecule has 0 bridgehead atoms. The Hall–Kier alpha value is -1.40. The predicted molar refractivity (Wildman–Crippen MR) is 76.8 cm³/mol. The van der Waals surface area contributed by atoms with Crippen molar-refractivity contribution >= 4 is 34.0 Å². The van der Waals surface area contributed by atoms with Crippen molar-refractivity contribution in [2.45, 2.75) is 33.7 Å². The molecule has 0 aliphatic carbocycles. The standard InChI is InChI=1S/C12H15ClN4OS/c1-7-9(3)19-12(14-7)15-11(18)4-5-17-6-10(13)8(2)16-17/h6H,4-5H2,1-3H3,(H,14,15,18). The van der Waals surface area contributed by atoms with Gasteiger partial charge in [0, 0.05) is 24.0 Å². The third kappa shape index (κ3) is 3.54. The van der Waals surface area contributed by atoms with Gasteiger partial charge in [0.2, 0.25) is 5.91 Å². The highest BCUT2D eigenvalue weighted by atomic mass is 35.5. The van der Waals surface area contributed by atoms with Crippen LogP contribution in [0, 0.1) is 20.8 Å². The summed E-state index contributed by atoms with van der Waals surface area (Å²) in [5.41, 5.74) is 1.73. The van der Waals surface area contributed by atoms with Crippen molar-refractivity contribution < 1.29 is 4.79 Å². The van der Waals surface area contributed by atoms with Gasteiger partial charge in [-0.25, -0.2) is 4.98 Å². The summed E-state index contributed by atoms with van der Waals surface area (Å²) in [5, 5.41) is 8.25. The third-order valence-corrected chi connectivity index (χ3v) is 4.09. The zero-order valence-corrected chi connectivity index (χ0v) is 12.6. The molecule has 0 spiro atoms. The SMILES string of the molecule is Cc1nn(CCC(=O)Nc2nc(C)c(C)s2)cc1Cl. The van der Waals surface area contributed by atoms with Crippen LogP contribution in [0.4, 0.5) is 5.13 Å². The number of thiazole rings is 1. The molecule has 0 aromatic carbocycles. The van der Waals surface area contributed by atoms with Crippen LogP contribution >= 0.6 is 22.9 Å². The normalized spacial score (nSPS) is 10.7. The summed E-state index contributed by atoms with van der Waals surface area (Å²) < 4.78 is 1.68. The maximum Gasteiger partial charge on any atom is 0.228 e. The van der Waals surface area contributed by atoms with E-state index in [1.165, 1.54) is 11.3 Å². The summed E-state index contributed by atoms with van der Waals surface area (Å²) in [5.74, 6) is -0.0713. The highest BCUT2D eigenvalue weighted by Gasteiger charge is 2.09. The second-order valence-electron chi connectivity index (χ2n) is 4.28. The lowest BCUT2D eigenvalue weighted by atomic mass is 10.4. The molecule has 0 radical (unpaired) electrons. The first-order chi connectivity index (χ1) is 8.95. The van der Waals surface area contributed by atoms with E-state index in [1.807, 2.05) is 20.8 Å². The van der Waals surface area contributed by atoms with E-state index < -0.39 is 0 Å². The van der Waals surface area contributed by atoms with Gasteiger partial charge in [-0.2, -0.15) is 5.10 Å². The third-order valence-electron chi connectivity index (χ3n) is 2.73. The van der Waals surface area contributed by atoms with Gasteiger partial charge in [0.1, 0.15) is 0 Å². The van der Waals surface area contributed by atoms with Crippen LogP contribution in [-0.4, -0.2) is 20.7 Å². The minimum atomic E-state index is -0.0713. The summed E-state index contributed by atoms with van der Waals surface area (Å²) in [6, 6.07) is 0. The number of anilines is 1. The largest absolute Gasteiger partial charge is 0.302 e. The summed E-state index contributed by atoms with van der Waals surface area (Å²) in [4.78, 5) is 17.2. The van der Waals surface area contributed by atoms with Gasteiger partial charge < -0.3 is 5.32 Å². The first-order valence-corrected chi connectivity index (χ1v) is 7.08. The molecule has 102 valence electrons. The first-order valence-electron chi connectivity index (χ1n) is 5.89. The van der Waals surface area contributed by atoms with Gasteiger partial charge in [0.05, 0.1) is 16.4 Å². The Morgan fingerprint density at radius 3 is 2.68 bits per heavy atom. The zero-order chi connectivity index (χ0) is 14.0. The van der Waals surface area contributed by atoms with Crippen molar-refractivity contribution in [3.63, 3.8) is 0 Å². The molecule has 0 unspecified atom stereocenters. The second kappa shape index (κ2) is 5.71. The number of amides is 1. The van der Waals surface area contributed by atoms with Gasteiger partial charge in [0.15, 0.2) is 5.13 Å². The molecule has 0 aliphatic rings. The number of hydrogen-bond donors (Lipinski definition) is 1. The Morgan fingerprint density at radius 2 is 2.16 bits per heavy atom. The fraction of sp³-hybridized carbons (Fsp3) is 0.417. The molecule has 1 N–H and O–H groups in total. The molecule has 19 heavy (non-hydrogen) atoms. The van der Waals surface area contributed by atoms with Crippen molar-refractivity contribution in [2.75, 3.05) is 5.32 Å². The number of carbonyl (C=O) groups excluding carboxylic acids is 1. The molecule has 5 nitrogen and oxygen atoms in total. The lowest BCUT2D eigenvalue weighted by Crippen LogP contribution is -2.14. The Balaban J connectivity index is 1.88. The van der Waals surface area contributed by atoms with Gasteiger partial charge in [-0.15, -0.1) is 11.3 Å². The predicted octanol–water partition coefficient (Wildman–Crippen LogP) is 2.95. The molecule has 0 atom stereocenters. The van der Waals surface area contributed by atoms with E-state index in [2.05, 4.69) is 15.4 Å². The van der Waals surface area contributed by atoms with E-state index in [1.54, 1.807) is 10.9 Å². The molecule has 7 heteroatoms. The maximum atomic E-state index is 11.8. The van der Waals surface area contributed by atoms with Gasteiger partial charge in [-0.05, 0) is 20.8 Å². The maximum absolute atomic E-state index is 11.8. The van der Waals surface area contributed by atoms with Crippen LogP contribution in [0.1, 0.15) is 22.7 Å². The first kappa shape index (κ1) is 14.0. The van der Waals surface area contributed by atoms with Crippen LogP contribution in [0.5, 0.6) is 0 Å². The smallest absolute Gasteiger partial charge is 0.228 e. The molecule has 2 heterocycles. The number of nitrogens with zero attached hydrogens (tertiary/aromatic N) is 3. The number of aryl methyl sites for hydroxylation is 4. The van der Waals surface area contributed by atoms with E-state index in [9.17, 15) is 4.79 Å². The van der Waals surface area contributed by atoms with Crippen molar-refractivity contribution in [1.29, 1.82) is 0 Å². The summed E-state index contributed by atoms with van der Waals surface area (Å²) in [6.07, 6.45) is 2.07. The Kier molecular flexibility index (Phi) is 4.21. The molecule has 0 fully saturated rings. The van der Waals surface area contributed by atoms with Crippen LogP contribution < -0.4 is 5.32 Å². The highest BCUT2D eigenvalue weighted by Crippen LogP contribution is 2.21. The van der Waals surface area contributed by atoms with E-state index in [4.69, 9.17) is 11.6 Å². The lowest BCUT2D eigenvalue weighted by Gasteiger charge is -2.02. The average Bonchev–Trinajstić information content (AvgIpc) is 2.81. The average molecular weight is 299 g/mol. The van der Waals surface area contributed by atoms with Crippen molar-refractivity contribution in [3.8, 4) is 0 Å². The van der Waals surface area contributed by atoms with Gasteiger partial charge in [0.25, 0.3) is 0 Å². The fourth-order valence-electron chi connectivity index (χ4n) is 1.53. The van der Waals surface area contributed by atoms with E-state index >= 15 is 0 Å². The molecule has 0 saturated carbocycles. The minimum Gasteiger partial charge on any atom is -0.302 e. The minimum absolute atomic E-state index is 0.0713. The number of carbonyl (C=O) groups is 1. The lowest BCUT2D eigenvalue weighted by molar-refractivity contribution is -0.116. The fourth-order valence-corrected chi connectivity index (χ4v) is 2.51. The van der Waals surface area contributed by atoms with Crippen LogP contribution in [0.15, 0.2) is 6.20 Å². The number of aromatic nitrogens is 3. The number of nitrogens with one attached hydrogen (secondary N) is 1. The Bertz CT molecular complexity index is 566. The number of rotatable bonds is 4. The van der Waals surface area contributed by atoms with Crippen LogP contribution in [-0.2, 0) is 11.3 Å². The van der Waals surface area contributed by atoms with Crippen LogP contribution in [0.2, 0.25) is 5.02 Å². The molecule has 0 saturated heterocycles. The van der Waals surface area contributed by atoms with Gasteiger partial charge in [-0.3, -0.25) is 9.48 Å². The zero-order valence-electron chi connectivity index (χ0n) is 11.0. The molecular formula is C12H15ClN4OS. The number of halogens is 1. The number of hydrogen-bond acceptors (Lipinski definition) is 4. The molecule has 2 aromatic rings. The molecular weight excluding hydrogens is 284 g/mol.